The average molecular weight is 826 g/mol. The maximum atomic E-state index is 5.45. The molecule has 5 heteroatoms. The Morgan fingerprint density at radius 3 is 1.88 bits per heavy atom. The second-order valence-electron chi connectivity index (χ2n) is 19.6. The molecule has 2 aliphatic carbocycles. The van der Waals surface area contributed by atoms with Crippen LogP contribution < -0.4 is 0 Å². The first kappa shape index (κ1) is 37.2. The number of rotatable bonds is 4. The van der Waals surface area contributed by atoms with E-state index in [0.717, 1.165) is 27.5 Å². The Hall–Kier alpha value is -7.37. The predicted molar refractivity (Wildman–Crippen MR) is 266 cm³/mol. The van der Waals surface area contributed by atoms with Crippen molar-refractivity contribution in [1.29, 1.82) is 0 Å². The Morgan fingerprint density at radius 1 is 0.469 bits per heavy atom. The molecule has 0 N–H and O–H groups in total. The number of allylic oxidation sites excluding steroid dienone is 1. The maximum Gasteiger partial charge on any atom is 0.238 e. The summed E-state index contributed by atoms with van der Waals surface area (Å²) in [5.41, 5.74) is 9.51. The van der Waals surface area contributed by atoms with Gasteiger partial charge in [0.2, 0.25) is 5.95 Å². The van der Waals surface area contributed by atoms with Crippen molar-refractivity contribution in [2.45, 2.75) is 46.5 Å². The maximum absolute atomic E-state index is 5.45. The minimum absolute atomic E-state index is 0.114. The first-order chi connectivity index (χ1) is 31.2. The molecule has 0 aliphatic heterocycles. The molecule has 11 aromatic rings. The second kappa shape index (κ2) is 13.6. The molecule has 0 bridgehead atoms. The molecule has 0 radical (unpaired) electrons. The molecular formula is C59H47N5. The van der Waals surface area contributed by atoms with Crippen LogP contribution in [0.1, 0.15) is 57.7 Å². The highest BCUT2D eigenvalue weighted by molar-refractivity contribution is 6.23. The Bertz CT molecular complexity index is 3740. The van der Waals surface area contributed by atoms with Crippen LogP contribution in [-0.4, -0.2) is 24.1 Å². The van der Waals surface area contributed by atoms with Crippen LogP contribution >= 0.6 is 0 Å². The van der Waals surface area contributed by atoms with Gasteiger partial charge in [-0.2, -0.15) is 9.97 Å². The van der Waals surface area contributed by atoms with E-state index >= 15 is 0 Å². The Labute approximate surface area is 372 Å². The molecule has 2 aliphatic rings. The lowest BCUT2D eigenvalue weighted by Gasteiger charge is -2.53. The van der Waals surface area contributed by atoms with Crippen molar-refractivity contribution in [3.8, 4) is 34.4 Å². The van der Waals surface area contributed by atoms with Gasteiger partial charge in [0.1, 0.15) is 0 Å². The number of benzene rings is 8. The van der Waals surface area contributed by atoms with Gasteiger partial charge < -0.3 is 4.57 Å². The minimum Gasteiger partial charge on any atom is -0.313 e. The summed E-state index contributed by atoms with van der Waals surface area (Å²) < 4.78 is 4.91. The highest BCUT2D eigenvalue weighted by Gasteiger charge is 2.50. The zero-order valence-electron chi connectivity index (χ0n) is 36.5. The third-order valence-corrected chi connectivity index (χ3v) is 15.0. The smallest absolute Gasteiger partial charge is 0.238 e. The third kappa shape index (κ3) is 5.46. The van der Waals surface area contributed by atoms with E-state index in [2.05, 4.69) is 207 Å². The van der Waals surface area contributed by atoms with Gasteiger partial charge in [0.15, 0.2) is 11.6 Å². The summed E-state index contributed by atoms with van der Waals surface area (Å²) in [6.45, 7) is 9.96. The summed E-state index contributed by atoms with van der Waals surface area (Å²) in [5.74, 6) is 2.65. The van der Waals surface area contributed by atoms with Gasteiger partial charge in [0.25, 0.3) is 0 Å². The van der Waals surface area contributed by atoms with Gasteiger partial charge in [0, 0.05) is 50.1 Å². The molecule has 5 nitrogen and oxygen atoms in total. The zero-order valence-corrected chi connectivity index (χ0v) is 36.5. The van der Waals surface area contributed by atoms with Crippen LogP contribution in [0.15, 0.2) is 170 Å². The number of hydrogen-bond donors (Lipinski definition) is 0. The van der Waals surface area contributed by atoms with E-state index in [9.17, 15) is 0 Å². The largest absolute Gasteiger partial charge is 0.313 e. The monoisotopic (exact) mass is 825 g/mol. The number of para-hydroxylation sites is 1. The van der Waals surface area contributed by atoms with Crippen molar-refractivity contribution >= 4 is 71.1 Å². The molecule has 1 saturated carbocycles. The van der Waals surface area contributed by atoms with Gasteiger partial charge >= 0.3 is 0 Å². The van der Waals surface area contributed by atoms with Crippen molar-refractivity contribution in [2.75, 3.05) is 0 Å². The topological polar surface area (TPSA) is 48.5 Å². The molecule has 0 saturated heterocycles. The number of aromatic nitrogens is 5. The highest BCUT2D eigenvalue weighted by Crippen LogP contribution is 2.61. The predicted octanol–water partition coefficient (Wildman–Crippen LogP) is 15.3. The normalized spacial score (nSPS) is 17.8. The fourth-order valence-electron chi connectivity index (χ4n) is 11.6. The van der Waals surface area contributed by atoms with Crippen LogP contribution in [0.3, 0.4) is 0 Å². The minimum atomic E-state index is 0.114. The molecule has 3 heterocycles. The number of fused-ring (bicyclic) bond motifs is 13. The van der Waals surface area contributed by atoms with E-state index < -0.39 is 0 Å². The molecule has 64 heavy (non-hydrogen) atoms. The molecule has 13 rings (SSSR count). The summed E-state index contributed by atoms with van der Waals surface area (Å²) in [6.07, 6.45) is 7.40. The lowest BCUT2D eigenvalue weighted by molar-refractivity contribution is 0.0485. The lowest BCUT2D eigenvalue weighted by Crippen LogP contribution is -2.43. The van der Waals surface area contributed by atoms with Gasteiger partial charge in [0.05, 0.1) is 16.6 Å². The van der Waals surface area contributed by atoms with Crippen molar-refractivity contribution in [3.63, 3.8) is 0 Å². The van der Waals surface area contributed by atoms with Crippen molar-refractivity contribution in [2.24, 2.45) is 16.7 Å². The molecule has 1 fully saturated rings. The van der Waals surface area contributed by atoms with Gasteiger partial charge in [-0.15, -0.1) is 0 Å². The molecular weight excluding hydrogens is 779 g/mol. The van der Waals surface area contributed by atoms with Crippen LogP contribution in [0.25, 0.3) is 106 Å². The van der Waals surface area contributed by atoms with Gasteiger partial charge in [-0.05, 0) is 98.3 Å². The number of nitrogens with zero attached hydrogens (tertiary/aromatic N) is 5. The van der Waals surface area contributed by atoms with E-state index in [1.54, 1.807) is 0 Å². The third-order valence-electron chi connectivity index (χ3n) is 15.0. The molecule has 3 aromatic heterocycles. The Kier molecular flexibility index (Phi) is 7.89. The van der Waals surface area contributed by atoms with Crippen molar-refractivity contribution in [1.82, 2.24) is 24.1 Å². The fourth-order valence-corrected chi connectivity index (χ4v) is 11.6. The fraction of sp³-hybridized carbons (Fsp3) is 0.169. The summed E-state index contributed by atoms with van der Waals surface area (Å²) in [7, 11) is 0. The standard InChI is InChI=1S/C59H47N5/c1-58(2)31-32-59(3,4)53-48(58)29-28-45-46-34-51-47(35-50(46)63(54(45)53)41-19-9-6-10-20-41)52-44-22-14-12-16-37(44)26-30-49(52)64(51)57-61-55(38-17-7-5-8-18-38)60-56(62-57)40-25-27-43-39(33-40)24-23-36-15-11-13-21-42(36)43/h5-30,33-35,48,53H,31-32H2,1-4H3. The Morgan fingerprint density at radius 2 is 1.08 bits per heavy atom. The van der Waals surface area contributed by atoms with E-state index in [-0.39, 0.29) is 10.8 Å². The van der Waals surface area contributed by atoms with Crippen LogP contribution in [0.2, 0.25) is 0 Å². The molecule has 0 spiro atoms. The summed E-state index contributed by atoms with van der Waals surface area (Å²) >= 11 is 0. The van der Waals surface area contributed by atoms with Crippen LogP contribution in [0.5, 0.6) is 0 Å². The van der Waals surface area contributed by atoms with Crippen LogP contribution in [0.4, 0.5) is 0 Å². The quantitative estimate of drug-likeness (QED) is 0.166. The van der Waals surface area contributed by atoms with Crippen LogP contribution in [0, 0.1) is 16.7 Å². The molecule has 308 valence electrons. The van der Waals surface area contributed by atoms with E-state index in [1.165, 1.54) is 78.4 Å². The van der Waals surface area contributed by atoms with Crippen molar-refractivity contribution < 1.29 is 0 Å². The summed E-state index contributed by atoms with van der Waals surface area (Å²) in [5, 5.41) is 10.9. The first-order valence-corrected chi connectivity index (χ1v) is 22.7. The first-order valence-electron chi connectivity index (χ1n) is 22.7. The Balaban J connectivity index is 1.13. The molecule has 2 unspecified atom stereocenters. The van der Waals surface area contributed by atoms with E-state index in [4.69, 9.17) is 15.0 Å². The van der Waals surface area contributed by atoms with Gasteiger partial charge in [-0.25, -0.2) is 4.98 Å². The summed E-state index contributed by atoms with van der Waals surface area (Å²) in [4.78, 5) is 16.1. The van der Waals surface area contributed by atoms with E-state index in [0.29, 0.717) is 29.4 Å². The van der Waals surface area contributed by atoms with Gasteiger partial charge in [-0.3, -0.25) is 4.57 Å². The summed E-state index contributed by atoms with van der Waals surface area (Å²) in [6, 6.07) is 59.1. The average Bonchev–Trinajstić information content (AvgIpc) is 3.84. The molecule has 2 atom stereocenters. The zero-order chi connectivity index (χ0) is 42.9. The van der Waals surface area contributed by atoms with Crippen molar-refractivity contribution in [3.05, 3.63) is 181 Å². The lowest BCUT2D eigenvalue weighted by atomic mass is 9.52. The molecule has 8 aromatic carbocycles. The van der Waals surface area contributed by atoms with Crippen LogP contribution in [-0.2, 0) is 0 Å². The second-order valence-corrected chi connectivity index (χ2v) is 19.6. The molecule has 0 amide bonds. The number of hydrogen-bond acceptors (Lipinski definition) is 3. The SMILES string of the molecule is CC1(C)CCC(C)(C)C2c3c(c4cc5c(cc4n3-c3ccccc3)c3c4ccccc4ccc3n5-c3nc(-c4ccccc4)nc(-c4ccc5c(ccc6ccccc65)c4)n3)C=CC21. The van der Waals surface area contributed by atoms with Gasteiger partial charge in [-0.1, -0.05) is 167 Å². The van der Waals surface area contributed by atoms with E-state index in [1.807, 2.05) is 6.07 Å². The highest BCUT2D eigenvalue weighted by atomic mass is 15.2.